The van der Waals surface area contributed by atoms with Crippen LogP contribution in [-0.2, 0) is 0 Å². The second kappa shape index (κ2) is 6.43. The maximum absolute atomic E-state index is 12.4. The number of amides is 1. The molecule has 0 atom stereocenters. The third kappa shape index (κ3) is 3.35. The van der Waals surface area contributed by atoms with Gasteiger partial charge in [0.1, 0.15) is 5.75 Å². The lowest BCUT2D eigenvalue weighted by Crippen LogP contribution is -2.41. The van der Waals surface area contributed by atoms with Crippen LogP contribution in [0.25, 0.3) is 0 Å². The molecule has 1 amide bonds. The summed E-state index contributed by atoms with van der Waals surface area (Å²) in [5.74, 6) is 0.606. The molecule has 5 nitrogen and oxygen atoms in total. The van der Waals surface area contributed by atoms with Crippen LogP contribution in [0.5, 0.6) is 5.75 Å². The normalized spacial score (nSPS) is 20.9. The monoisotopic (exact) mass is 289 g/mol. The third-order valence-electron chi connectivity index (χ3n) is 4.65. The zero-order valence-corrected chi connectivity index (χ0v) is 12.4. The second-order valence-electron chi connectivity index (χ2n) is 6.14. The summed E-state index contributed by atoms with van der Waals surface area (Å²) in [5.41, 5.74) is 0.364. The first kappa shape index (κ1) is 14.3. The summed E-state index contributed by atoms with van der Waals surface area (Å²) >= 11 is 0. The molecule has 2 aliphatic heterocycles. The summed E-state index contributed by atoms with van der Waals surface area (Å²) < 4.78 is 0. The lowest BCUT2D eigenvalue weighted by atomic mass is 9.95. The van der Waals surface area contributed by atoms with E-state index in [1.807, 2.05) is 4.90 Å². The van der Waals surface area contributed by atoms with E-state index in [-0.39, 0.29) is 11.7 Å². The van der Waals surface area contributed by atoms with Crippen molar-refractivity contribution in [3.8, 4) is 5.75 Å². The van der Waals surface area contributed by atoms with Gasteiger partial charge in [0.2, 0.25) is 0 Å². The standard InChI is InChI=1S/C16H23N3O2/c20-15-11-17-6-3-14(15)16(21)19-9-4-13(5-10-19)12-18-7-1-2-8-18/h3,6,11,13,20H,1-2,4-5,7-10,12H2. The Balaban J connectivity index is 1.53. The molecule has 0 radical (unpaired) electrons. The zero-order valence-electron chi connectivity index (χ0n) is 12.4. The quantitative estimate of drug-likeness (QED) is 0.921. The van der Waals surface area contributed by atoms with Crippen LogP contribution < -0.4 is 0 Å². The number of rotatable bonds is 3. The van der Waals surface area contributed by atoms with Crippen molar-refractivity contribution in [2.24, 2.45) is 5.92 Å². The number of aromatic hydroxyl groups is 1. The van der Waals surface area contributed by atoms with Gasteiger partial charge >= 0.3 is 0 Å². The molecule has 1 aromatic heterocycles. The first-order chi connectivity index (χ1) is 10.2. The fraction of sp³-hybridized carbons (Fsp3) is 0.625. The van der Waals surface area contributed by atoms with E-state index in [0.717, 1.165) is 25.9 Å². The minimum Gasteiger partial charge on any atom is -0.505 e. The second-order valence-corrected chi connectivity index (χ2v) is 6.14. The number of hydrogen-bond donors (Lipinski definition) is 1. The van der Waals surface area contributed by atoms with Crippen LogP contribution in [-0.4, -0.2) is 58.5 Å². The van der Waals surface area contributed by atoms with Crippen LogP contribution in [0.2, 0.25) is 0 Å². The summed E-state index contributed by atoms with van der Waals surface area (Å²) in [5, 5.41) is 9.74. The van der Waals surface area contributed by atoms with E-state index in [2.05, 4.69) is 9.88 Å². The Hall–Kier alpha value is -1.62. The Morgan fingerprint density at radius 2 is 1.95 bits per heavy atom. The van der Waals surface area contributed by atoms with E-state index >= 15 is 0 Å². The topological polar surface area (TPSA) is 56.7 Å². The van der Waals surface area contributed by atoms with Crippen LogP contribution in [0, 0.1) is 5.92 Å². The Labute approximate surface area is 125 Å². The van der Waals surface area contributed by atoms with Crippen molar-refractivity contribution >= 4 is 5.91 Å². The van der Waals surface area contributed by atoms with E-state index in [9.17, 15) is 9.90 Å². The van der Waals surface area contributed by atoms with Gasteiger partial charge in [-0.3, -0.25) is 9.78 Å². The van der Waals surface area contributed by atoms with Gasteiger partial charge in [0, 0.05) is 25.8 Å². The lowest BCUT2D eigenvalue weighted by molar-refractivity contribution is 0.0670. The van der Waals surface area contributed by atoms with Gasteiger partial charge in [-0.2, -0.15) is 0 Å². The molecule has 21 heavy (non-hydrogen) atoms. The molecule has 1 aromatic rings. The Morgan fingerprint density at radius 3 is 2.62 bits per heavy atom. The van der Waals surface area contributed by atoms with Gasteiger partial charge in [0.05, 0.1) is 11.8 Å². The molecule has 0 unspecified atom stereocenters. The molecule has 0 saturated carbocycles. The number of carbonyl (C=O) groups is 1. The van der Waals surface area contributed by atoms with Gasteiger partial charge < -0.3 is 14.9 Å². The van der Waals surface area contributed by atoms with Crippen molar-refractivity contribution in [3.05, 3.63) is 24.0 Å². The van der Waals surface area contributed by atoms with E-state index in [1.165, 1.54) is 38.7 Å². The van der Waals surface area contributed by atoms with Crippen molar-refractivity contribution in [1.29, 1.82) is 0 Å². The average Bonchev–Trinajstić information content (AvgIpc) is 3.01. The molecule has 3 heterocycles. The number of pyridine rings is 1. The minimum atomic E-state index is -0.0745. The van der Waals surface area contributed by atoms with Crippen LogP contribution in [0.15, 0.2) is 18.5 Å². The van der Waals surface area contributed by atoms with Crippen molar-refractivity contribution in [2.75, 3.05) is 32.7 Å². The zero-order chi connectivity index (χ0) is 14.7. The Bertz CT molecular complexity index is 492. The van der Waals surface area contributed by atoms with E-state index in [1.54, 1.807) is 12.3 Å². The van der Waals surface area contributed by atoms with Gasteiger partial charge in [-0.25, -0.2) is 0 Å². The fourth-order valence-corrected chi connectivity index (χ4v) is 3.39. The summed E-state index contributed by atoms with van der Waals surface area (Å²) in [6.07, 6.45) is 7.67. The third-order valence-corrected chi connectivity index (χ3v) is 4.65. The summed E-state index contributed by atoms with van der Waals surface area (Å²) in [6, 6.07) is 1.59. The summed E-state index contributed by atoms with van der Waals surface area (Å²) in [7, 11) is 0. The van der Waals surface area contributed by atoms with Gasteiger partial charge in [-0.05, 0) is 50.8 Å². The summed E-state index contributed by atoms with van der Waals surface area (Å²) in [4.78, 5) is 20.6. The number of aromatic nitrogens is 1. The van der Waals surface area contributed by atoms with Gasteiger partial charge in [-0.15, -0.1) is 0 Å². The largest absolute Gasteiger partial charge is 0.505 e. The first-order valence-corrected chi connectivity index (χ1v) is 7.88. The number of likely N-dealkylation sites (tertiary alicyclic amines) is 2. The predicted molar refractivity (Wildman–Crippen MR) is 80.2 cm³/mol. The highest BCUT2D eigenvalue weighted by Crippen LogP contribution is 2.23. The smallest absolute Gasteiger partial charge is 0.257 e. The van der Waals surface area contributed by atoms with Crippen LogP contribution in [0.4, 0.5) is 0 Å². The molecule has 0 spiro atoms. The number of carbonyl (C=O) groups excluding carboxylic acids is 1. The first-order valence-electron chi connectivity index (χ1n) is 7.88. The number of piperidine rings is 1. The van der Waals surface area contributed by atoms with E-state index in [4.69, 9.17) is 0 Å². The molecule has 5 heteroatoms. The highest BCUT2D eigenvalue weighted by molar-refractivity contribution is 5.96. The van der Waals surface area contributed by atoms with Crippen LogP contribution >= 0.6 is 0 Å². The molecule has 0 bridgehead atoms. The van der Waals surface area contributed by atoms with Crippen molar-refractivity contribution in [1.82, 2.24) is 14.8 Å². The highest BCUT2D eigenvalue weighted by Gasteiger charge is 2.26. The molecule has 2 fully saturated rings. The van der Waals surface area contributed by atoms with Gasteiger partial charge in [0.15, 0.2) is 0 Å². The van der Waals surface area contributed by atoms with E-state index in [0.29, 0.717) is 11.5 Å². The average molecular weight is 289 g/mol. The van der Waals surface area contributed by atoms with Crippen molar-refractivity contribution < 1.29 is 9.90 Å². The maximum Gasteiger partial charge on any atom is 0.257 e. The predicted octanol–water partition coefficient (Wildman–Crippen LogP) is 1.74. The number of nitrogens with zero attached hydrogens (tertiary/aromatic N) is 3. The molecule has 0 aliphatic carbocycles. The number of hydrogen-bond acceptors (Lipinski definition) is 4. The van der Waals surface area contributed by atoms with Crippen LogP contribution in [0.1, 0.15) is 36.0 Å². The molecular weight excluding hydrogens is 266 g/mol. The SMILES string of the molecule is O=C(c1ccncc1O)N1CCC(CN2CCCC2)CC1. The molecule has 2 aliphatic rings. The van der Waals surface area contributed by atoms with Crippen molar-refractivity contribution in [3.63, 3.8) is 0 Å². The van der Waals surface area contributed by atoms with Gasteiger partial charge in [0.25, 0.3) is 5.91 Å². The molecular formula is C16H23N3O2. The summed E-state index contributed by atoms with van der Waals surface area (Å²) in [6.45, 7) is 5.24. The van der Waals surface area contributed by atoms with E-state index < -0.39 is 0 Å². The highest BCUT2D eigenvalue weighted by atomic mass is 16.3. The maximum atomic E-state index is 12.4. The Kier molecular flexibility index (Phi) is 4.39. The molecule has 3 rings (SSSR count). The van der Waals surface area contributed by atoms with Gasteiger partial charge in [-0.1, -0.05) is 0 Å². The lowest BCUT2D eigenvalue weighted by Gasteiger charge is -2.34. The fourth-order valence-electron chi connectivity index (χ4n) is 3.39. The Morgan fingerprint density at radius 1 is 1.24 bits per heavy atom. The van der Waals surface area contributed by atoms with Crippen LogP contribution in [0.3, 0.4) is 0 Å². The minimum absolute atomic E-state index is 0.0262. The molecule has 1 N–H and O–H groups in total. The molecule has 2 saturated heterocycles. The molecule has 114 valence electrons. The van der Waals surface area contributed by atoms with Crippen molar-refractivity contribution in [2.45, 2.75) is 25.7 Å². The molecule has 0 aromatic carbocycles.